The van der Waals surface area contributed by atoms with Gasteiger partial charge in [-0.1, -0.05) is 30.3 Å². The normalized spacial score (nSPS) is 19.6. The summed E-state index contributed by atoms with van der Waals surface area (Å²) in [4.78, 5) is 14.1. The zero-order chi connectivity index (χ0) is 11.4. The summed E-state index contributed by atoms with van der Waals surface area (Å²) in [5, 5.41) is 3.29. The Balaban J connectivity index is 0.00000144. The van der Waals surface area contributed by atoms with Gasteiger partial charge in [-0.15, -0.1) is 12.4 Å². The van der Waals surface area contributed by atoms with Crippen molar-refractivity contribution in [2.45, 2.75) is 19.4 Å². The number of amides is 1. The lowest BCUT2D eigenvalue weighted by atomic mass is 10.1. The summed E-state index contributed by atoms with van der Waals surface area (Å²) in [5.41, 5.74) is 1.10. The van der Waals surface area contributed by atoms with Crippen molar-refractivity contribution in [3.8, 4) is 0 Å². The van der Waals surface area contributed by atoms with E-state index in [1.807, 2.05) is 35.2 Å². The number of hydrogen-bond acceptors (Lipinski definition) is 2. The number of benzene rings is 1. The smallest absolute Gasteiger partial charge is 0.227 e. The number of nitrogens with zero attached hydrogens (tertiary/aromatic N) is 1. The third-order valence-electron chi connectivity index (χ3n) is 3.02. The first kappa shape index (κ1) is 14.0. The fourth-order valence-electron chi connectivity index (χ4n) is 2.08. The summed E-state index contributed by atoms with van der Waals surface area (Å²) in [6.07, 6.45) is 0.519. The molecule has 0 unspecified atom stereocenters. The van der Waals surface area contributed by atoms with Gasteiger partial charge in [-0.2, -0.15) is 0 Å². The molecule has 3 nitrogen and oxygen atoms in total. The zero-order valence-electron chi connectivity index (χ0n) is 10.1. The molecule has 1 N–H and O–H groups in total. The Morgan fingerprint density at radius 3 is 2.76 bits per heavy atom. The van der Waals surface area contributed by atoms with Crippen LogP contribution in [0.1, 0.15) is 12.5 Å². The van der Waals surface area contributed by atoms with E-state index in [2.05, 4.69) is 12.2 Å². The Hall–Kier alpha value is -1.06. The van der Waals surface area contributed by atoms with Gasteiger partial charge >= 0.3 is 0 Å². The Morgan fingerprint density at radius 2 is 2.12 bits per heavy atom. The minimum absolute atomic E-state index is 0. The van der Waals surface area contributed by atoms with Crippen LogP contribution in [-0.4, -0.2) is 36.5 Å². The van der Waals surface area contributed by atoms with Gasteiger partial charge < -0.3 is 10.2 Å². The van der Waals surface area contributed by atoms with Crippen molar-refractivity contribution in [2.75, 3.05) is 19.6 Å². The van der Waals surface area contributed by atoms with Crippen molar-refractivity contribution in [2.24, 2.45) is 0 Å². The molecule has 0 radical (unpaired) electrons. The van der Waals surface area contributed by atoms with Crippen LogP contribution >= 0.6 is 12.4 Å². The summed E-state index contributed by atoms with van der Waals surface area (Å²) in [5.74, 6) is 0.236. The predicted octanol–water partition coefficient (Wildman–Crippen LogP) is 1.47. The Labute approximate surface area is 109 Å². The van der Waals surface area contributed by atoms with Gasteiger partial charge in [0.2, 0.25) is 5.91 Å². The molecule has 1 amide bonds. The molecule has 1 aliphatic rings. The monoisotopic (exact) mass is 254 g/mol. The molecular weight excluding hydrogens is 236 g/mol. The minimum atomic E-state index is 0. The van der Waals surface area contributed by atoms with Crippen LogP contribution in [0.5, 0.6) is 0 Å². The molecule has 1 fully saturated rings. The second kappa shape index (κ2) is 6.62. The van der Waals surface area contributed by atoms with Gasteiger partial charge in [-0.3, -0.25) is 4.79 Å². The average molecular weight is 255 g/mol. The van der Waals surface area contributed by atoms with Crippen molar-refractivity contribution < 1.29 is 4.79 Å². The highest BCUT2D eigenvalue weighted by atomic mass is 35.5. The van der Waals surface area contributed by atoms with E-state index >= 15 is 0 Å². The third-order valence-corrected chi connectivity index (χ3v) is 3.02. The maximum Gasteiger partial charge on any atom is 0.227 e. The molecule has 1 heterocycles. The summed E-state index contributed by atoms with van der Waals surface area (Å²) in [6, 6.07) is 10.2. The lowest BCUT2D eigenvalue weighted by Crippen LogP contribution is -2.52. The van der Waals surface area contributed by atoms with Crippen LogP contribution in [0, 0.1) is 0 Å². The Bertz CT molecular complexity index is 356. The summed E-state index contributed by atoms with van der Waals surface area (Å²) < 4.78 is 0. The summed E-state index contributed by atoms with van der Waals surface area (Å²) in [7, 11) is 0. The first-order valence-corrected chi connectivity index (χ1v) is 5.81. The van der Waals surface area contributed by atoms with E-state index < -0.39 is 0 Å². The van der Waals surface area contributed by atoms with Gasteiger partial charge in [0.1, 0.15) is 0 Å². The number of halogens is 1. The molecule has 1 aromatic carbocycles. The van der Waals surface area contributed by atoms with E-state index in [0.29, 0.717) is 12.5 Å². The molecule has 94 valence electrons. The van der Waals surface area contributed by atoms with Crippen molar-refractivity contribution in [1.82, 2.24) is 10.2 Å². The first-order chi connectivity index (χ1) is 7.77. The Morgan fingerprint density at radius 1 is 1.41 bits per heavy atom. The molecule has 2 rings (SSSR count). The predicted molar refractivity (Wildman–Crippen MR) is 71.4 cm³/mol. The highest BCUT2D eigenvalue weighted by Crippen LogP contribution is 2.07. The molecule has 1 aromatic rings. The highest BCUT2D eigenvalue weighted by molar-refractivity contribution is 5.85. The van der Waals surface area contributed by atoms with Crippen molar-refractivity contribution >= 4 is 18.3 Å². The molecule has 4 heteroatoms. The summed E-state index contributed by atoms with van der Waals surface area (Å²) in [6.45, 7) is 4.73. The van der Waals surface area contributed by atoms with Crippen LogP contribution in [0.25, 0.3) is 0 Å². The fraction of sp³-hybridized carbons (Fsp3) is 0.462. The maximum atomic E-state index is 12.1. The topological polar surface area (TPSA) is 32.3 Å². The molecule has 1 atom stereocenters. The lowest BCUT2D eigenvalue weighted by Gasteiger charge is -2.34. The molecule has 1 aliphatic heterocycles. The number of rotatable bonds is 2. The van der Waals surface area contributed by atoms with E-state index in [1.165, 1.54) is 0 Å². The zero-order valence-corrected chi connectivity index (χ0v) is 10.9. The van der Waals surface area contributed by atoms with Crippen LogP contribution in [-0.2, 0) is 11.2 Å². The number of carbonyl (C=O) groups is 1. The van der Waals surface area contributed by atoms with Gasteiger partial charge in [0, 0.05) is 25.7 Å². The van der Waals surface area contributed by atoms with Crippen molar-refractivity contribution in [3.63, 3.8) is 0 Å². The largest absolute Gasteiger partial charge is 0.337 e. The molecule has 17 heavy (non-hydrogen) atoms. The minimum Gasteiger partial charge on any atom is -0.337 e. The van der Waals surface area contributed by atoms with Crippen LogP contribution in [0.3, 0.4) is 0 Å². The molecule has 0 spiro atoms. The van der Waals surface area contributed by atoms with Crippen LogP contribution < -0.4 is 5.32 Å². The van der Waals surface area contributed by atoms with Gasteiger partial charge in [-0.25, -0.2) is 0 Å². The van der Waals surface area contributed by atoms with E-state index in [0.717, 1.165) is 25.2 Å². The van der Waals surface area contributed by atoms with Gasteiger partial charge in [-0.05, 0) is 12.5 Å². The SMILES string of the molecule is C[C@H]1CNCCN1C(=O)Cc1ccccc1.Cl. The highest BCUT2D eigenvalue weighted by Gasteiger charge is 2.22. The molecule has 1 saturated heterocycles. The van der Waals surface area contributed by atoms with Gasteiger partial charge in [0.05, 0.1) is 6.42 Å². The van der Waals surface area contributed by atoms with Crippen molar-refractivity contribution in [3.05, 3.63) is 35.9 Å². The number of piperazine rings is 1. The number of carbonyl (C=O) groups excluding carboxylic acids is 1. The van der Waals surface area contributed by atoms with Crippen LogP contribution in [0.2, 0.25) is 0 Å². The average Bonchev–Trinajstić information content (AvgIpc) is 2.31. The second-order valence-corrected chi connectivity index (χ2v) is 4.30. The van der Waals surface area contributed by atoms with Gasteiger partial charge in [0.15, 0.2) is 0 Å². The molecule has 0 aliphatic carbocycles. The molecule has 0 bridgehead atoms. The lowest BCUT2D eigenvalue weighted by molar-refractivity contribution is -0.133. The van der Waals surface area contributed by atoms with E-state index in [4.69, 9.17) is 0 Å². The first-order valence-electron chi connectivity index (χ1n) is 5.81. The van der Waals surface area contributed by atoms with Crippen molar-refractivity contribution in [1.29, 1.82) is 0 Å². The number of nitrogens with one attached hydrogen (secondary N) is 1. The quantitative estimate of drug-likeness (QED) is 0.867. The standard InChI is InChI=1S/C13H18N2O.ClH/c1-11-10-14-7-8-15(11)13(16)9-12-5-3-2-4-6-12;/h2-6,11,14H,7-10H2,1H3;1H/t11-;/m0./s1. The third kappa shape index (κ3) is 3.72. The van der Waals surface area contributed by atoms with E-state index in [1.54, 1.807) is 0 Å². The van der Waals surface area contributed by atoms with E-state index in [9.17, 15) is 4.79 Å². The maximum absolute atomic E-state index is 12.1. The molecule has 0 aromatic heterocycles. The van der Waals surface area contributed by atoms with Crippen LogP contribution in [0.15, 0.2) is 30.3 Å². The Kier molecular flexibility index (Phi) is 5.45. The fourth-order valence-corrected chi connectivity index (χ4v) is 2.08. The summed E-state index contributed by atoms with van der Waals surface area (Å²) >= 11 is 0. The number of hydrogen-bond donors (Lipinski definition) is 1. The second-order valence-electron chi connectivity index (χ2n) is 4.30. The van der Waals surface area contributed by atoms with Crippen LogP contribution in [0.4, 0.5) is 0 Å². The van der Waals surface area contributed by atoms with Gasteiger partial charge in [0.25, 0.3) is 0 Å². The van der Waals surface area contributed by atoms with E-state index in [-0.39, 0.29) is 18.3 Å². The molecular formula is C13H19ClN2O. The molecule has 0 saturated carbocycles.